The van der Waals surface area contributed by atoms with Gasteiger partial charge in [-0.1, -0.05) is 48.5 Å². The number of nitrogens with zero attached hydrogens (tertiary/aromatic N) is 3. The van der Waals surface area contributed by atoms with Gasteiger partial charge in [-0.25, -0.2) is 0 Å². The second kappa shape index (κ2) is 10.4. The van der Waals surface area contributed by atoms with Gasteiger partial charge in [0.1, 0.15) is 5.00 Å². The molecule has 1 aliphatic rings. The molecular weight excluding hydrogens is 523 g/mol. The average Bonchev–Trinajstić information content (AvgIpc) is 3.52. The van der Waals surface area contributed by atoms with Gasteiger partial charge in [-0.3, -0.25) is 9.59 Å². The number of hydrogen-bond acceptors (Lipinski definition) is 7. The molecule has 0 bridgehead atoms. The van der Waals surface area contributed by atoms with Gasteiger partial charge in [0.2, 0.25) is 5.91 Å². The second-order valence-corrected chi connectivity index (χ2v) is 12.7. The minimum atomic E-state index is -0.483. The summed E-state index contributed by atoms with van der Waals surface area (Å²) in [6, 6.07) is 8.49. The molecule has 1 aliphatic carbocycles. The Hall–Kier alpha value is -2.95. The van der Waals surface area contributed by atoms with E-state index in [0.717, 1.165) is 52.2 Å². The fraction of sp³-hybridized carbons (Fsp3) is 0.333. The highest BCUT2D eigenvalue weighted by Crippen LogP contribution is 2.40. The average molecular weight is 552 g/mol. The van der Waals surface area contributed by atoms with Crippen LogP contribution in [0.1, 0.15) is 44.6 Å². The molecule has 0 saturated heterocycles. The summed E-state index contributed by atoms with van der Waals surface area (Å²) in [4.78, 5) is 27.4. The summed E-state index contributed by atoms with van der Waals surface area (Å²) in [5.41, 5.74) is 11.7. The third-order valence-electron chi connectivity index (χ3n) is 6.73. The molecule has 0 fully saturated rings. The third-order valence-corrected chi connectivity index (χ3v) is 9.84. The lowest BCUT2D eigenvalue weighted by molar-refractivity contribution is -0.113. The van der Waals surface area contributed by atoms with Crippen molar-refractivity contribution < 1.29 is 9.59 Å². The van der Waals surface area contributed by atoms with Crippen LogP contribution in [0.3, 0.4) is 0 Å². The molecule has 0 saturated carbocycles. The van der Waals surface area contributed by atoms with Crippen molar-refractivity contribution in [1.29, 1.82) is 0 Å². The van der Waals surface area contributed by atoms with Crippen LogP contribution in [0.5, 0.6) is 0 Å². The highest BCUT2D eigenvalue weighted by Gasteiger charge is 2.27. The molecule has 3 N–H and O–H groups in total. The first-order chi connectivity index (χ1) is 17.7. The Kier molecular flexibility index (Phi) is 7.24. The lowest BCUT2D eigenvalue weighted by atomic mass is 9.88. The highest BCUT2D eigenvalue weighted by atomic mass is 32.2. The summed E-state index contributed by atoms with van der Waals surface area (Å²) >= 11 is 4.48. The summed E-state index contributed by atoms with van der Waals surface area (Å²) < 4.78 is 1.93. The Morgan fingerprint density at radius 2 is 1.97 bits per heavy atom. The number of fused-ring (bicyclic) bond motifs is 1. The van der Waals surface area contributed by atoms with E-state index in [1.54, 1.807) is 11.3 Å². The molecule has 1 atom stereocenters. The highest BCUT2D eigenvalue weighted by molar-refractivity contribution is 7.99. The van der Waals surface area contributed by atoms with Gasteiger partial charge in [0, 0.05) is 33.3 Å². The lowest BCUT2D eigenvalue weighted by Crippen LogP contribution is -2.20. The van der Waals surface area contributed by atoms with E-state index in [2.05, 4.69) is 65.9 Å². The molecule has 2 amide bonds. The molecule has 10 heteroatoms. The Labute approximate surface area is 228 Å². The number of nitrogens with two attached hydrogens (primary N) is 1. The predicted molar refractivity (Wildman–Crippen MR) is 153 cm³/mol. The maximum Gasteiger partial charge on any atom is 0.251 e. The minimum absolute atomic E-state index is 0.149. The number of thioether (sulfide) groups is 1. The van der Waals surface area contributed by atoms with E-state index in [1.165, 1.54) is 33.5 Å². The van der Waals surface area contributed by atoms with Gasteiger partial charge in [-0.15, -0.1) is 32.9 Å². The van der Waals surface area contributed by atoms with Crippen molar-refractivity contribution in [1.82, 2.24) is 14.8 Å². The van der Waals surface area contributed by atoms with Gasteiger partial charge in [0.15, 0.2) is 11.0 Å². The first kappa shape index (κ1) is 25.7. The van der Waals surface area contributed by atoms with Crippen molar-refractivity contribution in [3.05, 3.63) is 56.1 Å². The van der Waals surface area contributed by atoms with Crippen LogP contribution in [0.2, 0.25) is 0 Å². The molecule has 4 aromatic rings. The van der Waals surface area contributed by atoms with Crippen LogP contribution in [0.25, 0.3) is 22.5 Å². The monoisotopic (exact) mass is 551 g/mol. The smallest absolute Gasteiger partial charge is 0.251 e. The number of benzene rings is 1. The van der Waals surface area contributed by atoms with E-state index in [9.17, 15) is 9.59 Å². The molecule has 5 rings (SSSR count). The lowest BCUT2D eigenvalue weighted by Gasteiger charge is -2.18. The summed E-state index contributed by atoms with van der Waals surface area (Å²) in [5.74, 6) is 0.795. The molecule has 0 spiro atoms. The van der Waals surface area contributed by atoms with Crippen LogP contribution in [0.15, 0.2) is 34.8 Å². The first-order valence-corrected chi connectivity index (χ1v) is 14.8. The van der Waals surface area contributed by atoms with E-state index in [-0.39, 0.29) is 11.7 Å². The first-order valence-electron chi connectivity index (χ1n) is 12.1. The predicted octanol–water partition coefficient (Wildman–Crippen LogP) is 5.84. The number of nitrogens with one attached hydrogen (secondary N) is 1. The van der Waals surface area contributed by atoms with E-state index in [1.807, 2.05) is 11.6 Å². The van der Waals surface area contributed by atoms with Gasteiger partial charge < -0.3 is 15.6 Å². The van der Waals surface area contributed by atoms with Gasteiger partial charge in [-0.05, 0) is 50.2 Å². The largest absolute Gasteiger partial charge is 0.365 e. The van der Waals surface area contributed by atoms with Gasteiger partial charge in [0.25, 0.3) is 5.91 Å². The summed E-state index contributed by atoms with van der Waals surface area (Å²) in [5, 5.41) is 15.1. The maximum absolute atomic E-state index is 12.9. The standard InChI is InChI=1S/C27H29N5O2S3/c1-14-5-8-17(9-6-14)22-16(3)35-12-19(22)25-30-31-27(32(25)4)36-13-21(33)29-26-23(24(28)34)18-10-7-15(2)11-20(18)37-26/h5-6,8-9,12,15H,7,10-11,13H2,1-4H3,(H2,28,34)(H,29,33). The maximum atomic E-state index is 12.9. The van der Waals surface area contributed by atoms with Crippen LogP contribution in [-0.4, -0.2) is 32.3 Å². The molecule has 37 heavy (non-hydrogen) atoms. The number of thiophene rings is 2. The molecule has 1 aromatic carbocycles. The van der Waals surface area contributed by atoms with Crippen molar-refractivity contribution in [3.63, 3.8) is 0 Å². The normalized spacial score (nSPS) is 15.0. The molecule has 3 heterocycles. The van der Waals surface area contributed by atoms with Crippen LogP contribution in [0.4, 0.5) is 5.00 Å². The number of aromatic nitrogens is 3. The van der Waals surface area contributed by atoms with Crippen molar-refractivity contribution in [2.75, 3.05) is 11.1 Å². The Morgan fingerprint density at radius 3 is 2.70 bits per heavy atom. The quantitative estimate of drug-likeness (QED) is 0.281. The molecule has 0 aliphatic heterocycles. The fourth-order valence-corrected chi connectivity index (χ4v) is 7.77. The van der Waals surface area contributed by atoms with Crippen molar-refractivity contribution in [3.8, 4) is 22.5 Å². The summed E-state index contributed by atoms with van der Waals surface area (Å²) in [6.45, 7) is 6.40. The fourth-order valence-electron chi connectivity index (χ4n) is 4.77. The Bertz CT molecular complexity index is 1480. The number of rotatable bonds is 7. The SMILES string of the molecule is Cc1ccc(-c2c(-c3nnc(SCC(=O)Nc4sc5c(c4C(N)=O)CCC(C)C5)n3C)csc2C)cc1. The number of aryl methyl sites for hydroxylation is 2. The molecular formula is C27H29N5O2S3. The number of primary amides is 1. The number of anilines is 1. The molecule has 0 radical (unpaired) electrons. The molecule has 192 valence electrons. The van der Waals surface area contributed by atoms with Crippen LogP contribution >= 0.6 is 34.4 Å². The Morgan fingerprint density at radius 1 is 1.22 bits per heavy atom. The zero-order chi connectivity index (χ0) is 26.3. The molecule has 7 nitrogen and oxygen atoms in total. The van der Waals surface area contributed by atoms with Crippen LogP contribution in [-0.2, 0) is 24.7 Å². The van der Waals surface area contributed by atoms with E-state index < -0.39 is 5.91 Å². The number of carbonyl (C=O) groups excluding carboxylic acids is 2. The summed E-state index contributed by atoms with van der Waals surface area (Å²) in [6.07, 6.45) is 2.76. The second-order valence-electron chi connectivity index (χ2n) is 9.57. The zero-order valence-electron chi connectivity index (χ0n) is 21.3. The summed E-state index contributed by atoms with van der Waals surface area (Å²) in [7, 11) is 1.92. The van der Waals surface area contributed by atoms with Crippen molar-refractivity contribution in [2.45, 2.75) is 45.2 Å². The topological polar surface area (TPSA) is 103 Å². The number of carbonyl (C=O) groups is 2. The van der Waals surface area contributed by atoms with E-state index in [0.29, 0.717) is 21.6 Å². The van der Waals surface area contributed by atoms with E-state index >= 15 is 0 Å². The zero-order valence-corrected chi connectivity index (χ0v) is 23.7. The Balaban J connectivity index is 1.32. The van der Waals surface area contributed by atoms with Gasteiger partial charge in [0.05, 0.1) is 11.3 Å². The molecule has 1 unspecified atom stereocenters. The third kappa shape index (κ3) is 5.10. The number of hydrogen-bond donors (Lipinski definition) is 2. The van der Waals surface area contributed by atoms with Crippen molar-refractivity contribution in [2.24, 2.45) is 18.7 Å². The van der Waals surface area contributed by atoms with Crippen LogP contribution in [0, 0.1) is 19.8 Å². The number of amides is 2. The van der Waals surface area contributed by atoms with Crippen LogP contribution < -0.4 is 11.1 Å². The van der Waals surface area contributed by atoms with E-state index in [4.69, 9.17) is 5.73 Å². The molecule has 3 aromatic heterocycles. The van der Waals surface area contributed by atoms with Gasteiger partial charge in [-0.2, -0.15) is 0 Å². The van der Waals surface area contributed by atoms with Crippen molar-refractivity contribution >= 4 is 51.3 Å². The van der Waals surface area contributed by atoms with Gasteiger partial charge >= 0.3 is 0 Å². The minimum Gasteiger partial charge on any atom is -0.365 e.